The molecule has 3 saturated heterocycles. The number of carbonyl (C=O) groups excluding carboxylic acids is 1. The summed E-state index contributed by atoms with van der Waals surface area (Å²) in [5.74, 6) is 1.41. The molecule has 0 aromatic carbocycles. The third kappa shape index (κ3) is 4.59. The molecule has 0 bridgehead atoms. The van der Waals surface area contributed by atoms with Gasteiger partial charge in [-0.2, -0.15) is 19.4 Å². The Morgan fingerprint density at radius 3 is 2.64 bits per heavy atom. The lowest BCUT2D eigenvalue weighted by Gasteiger charge is -2.63. The van der Waals surface area contributed by atoms with Crippen LogP contribution < -0.4 is 10.6 Å². The zero-order valence-electron chi connectivity index (χ0n) is 22.4. The van der Waals surface area contributed by atoms with Crippen LogP contribution in [0.25, 0.3) is 10.2 Å². The van der Waals surface area contributed by atoms with E-state index in [0.717, 1.165) is 92.2 Å². The number of carbonyl (C=O) groups is 1. The lowest BCUT2D eigenvalue weighted by molar-refractivity contribution is -0.133. The first kappa shape index (κ1) is 25.0. The van der Waals surface area contributed by atoms with E-state index in [4.69, 9.17) is 19.4 Å². The van der Waals surface area contributed by atoms with Crippen LogP contribution in [0, 0.1) is 6.92 Å². The predicted molar refractivity (Wildman–Crippen MR) is 148 cm³/mol. The van der Waals surface area contributed by atoms with Crippen LogP contribution in [-0.2, 0) is 9.47 Å². The molecule has 3 aromatic heterocycles. The first-order valence-electron chi connectivity index (χ1n) is 14.0. The molecule has 4 aliphatic rings. The van der Waals surface area contributed by atoms with Gasteiger partial charge in [-0.1, -0.05) is 0 Å². The van der Waals surface area contributed by atoms with Crippen molar-refractivity contribution in [3.05, 3.63) is 18.1 Å². The number of aromatic nitrogens is 5. The van der Waals surface area contributed by atoms with Crippen LogP contribution in [0.4, 0.5) is 22.2 Å². The number of likely N-dealkylation sites (tertiary alicyclic amines) is 2. The van der Waals surface area contributed by atoms with Gasteiger partial charge in [-0.15, -0.1) is 0 Å². The van der Waals surface area contributed by atoms with Gasteiger partial charge in [-0.3, -0.25) is 9.58 Å². The van der Waals surface area contributed by atoms with Crippen LogP contribution in [0.2, 0.25) is 0 Å². The summed E-state index contributed by atoms with van der Waals surface area (Å²) in [4.78, 5) is 26.8. The lowest BCUT2D eigenvalue weighted by atomic mass is 9.80. The molecule has 1 amide bonds. The van der Waals surface area contributed by atoms with Crippen molar-refractivity contribution in [1.29, 1.82) is 0 Å². The summed E-state index contributed by atoms with van der Waals surface area (Å²) in [7, 11) is 1.46. The average molecular weight is 554 g/mol. The molecular formula is C26H35N9O3S. The van der Waals surface area contributed by atoms with Crippen LogP contribution >= 0.6 is 11.5 Å². The van der Waals surface area contributed by atoms with Gasteiger partial charge < -0.3 is 25.0 Å². The molecule has 0 spiro atoms. The summed E-state index contributed by atoms with van der Waals surface area (Å²) in [6, 6.07) is 2.15. The van der Waals surface area contributed by atoms with E-state index in [1.54, 1.807) is 0 Å². The molecule has 1 aliphatic carbocycles. The Hall–Kier alpha value is -3.03. The first-order chi connectivity index (χ1) is 19.1. The monoisotopic (exact) mass is 553 g/mol. The number of rotatable bonds is 6. The van der Waals surface area contributed by atoms with E-state index in [2.05, 4.69) is 25.0 Å². The Morgan fingerprint density at radius 2 is 1.90 bits per heavy atom. The Balaban J connectivity index is 0.999. The van der Waals surface area contributed by atoms with E-state index in [1.807, 2.05) is 28.9 Å². The molecule has 3 aromatic rings. The van der Waals surface area contributed by atoms with Crippen LogP contribution in [0.5, 0.6) is 0 Å². The molecular weight excluding hydrogens is 518 g/mol. The number of ether oxygens (including phenoxy) is 2. The Morgan fingerprint density at radius 1 is 1.08 bits per heavy atom. The number of aryl methyl sites for hydroxylation is 1. The fraction of sp³-hybridized carbons (Fsp3) is 0.654. The van der Waals surface area contributed by atoms with Gasteiger partial charge in [0.1, 0.15) is 5.82 Å². The second-order valence-electron chi connectivity index (χ2n) is 11.1. The van der Waals surface area contributed by atoms with Gasteiger partial charge in [0.05, 0.1) is 42.2 Å². The highest BCUT2D eigenvalue weighted by Gasteiger charge is 2.55. The lowest BCUT2D eigenvalue weighted by Crippen LogP contribution is -2.81. The number of nitrogens with zero attached hydrogens (tertiary/aromatic N) is 7. The highest BCUT2D eigenvalue weighted by atomic mass is 32.1. The van der Waals surface area contributed by atoms with Crippen LogP contribution in [-0.4, -0.2) is 97.6 Å². The summed E-state index contributed by atoms with van der Waals surface area (Å²) in [5.41, 5.74) is 1.83. The molecule has 0 radical (unpaired) electrons. The third-order valence-corrected chi connectivity index (χ3v) is 9.73. The second kappa shape index (κ2) is 10.2. The maximum absolute atomic E-state index is 11.8. The fourth-order valence-corrected chi connectivity index (χ4v) is 7.39. The number of hydrogen-bond acceptors (Lipinski definition) is 11. The number of fused-ring (bicyclic) bond motifs is 2. The number of anilines is 3. The molecule has 2 atom stereocenters. The molecule has 12 nitrogen and oxygen atoms in total. The number of methoxy groups -OCH3 is 1. The van der Waals surface area contributed by atoms with Crippen molar-refractivity contribution >= 4 is 45.3 Å². The number of nitrogens with one attached hydrogen (secondary N) is 2. The molecule has 4 fully saturated rings. The smallest absolute Gasteiger partial charge is 0.409 e. The van der Waals surface area contributed by atoms with E-state index in [9.17, 15) is 4.79 Å². The van der Waals surface area contributed by atoms with Crippen LogP contribution in [0.1, 0.15) is 50.3 Å². The van der Waals surface area contributed by atoms with Gasteiger partial charge in [0.15, 0.2) is 4.83 Å². The van der Waals surface area contributed by atoms with E-state index < -0.39 is 0 Å². The molecule has 13 heteroatoms. The van der Waals surface area contributed by atoms with Gasteiger partial charge in [-0.25, -0.2) is 4.79 Å². The zero-order chi connectivity index (χ0) is 26.5. The molecule has 208 valence electrons. The van der Waals surface area contributed by atoms with E-state index in [1.165, 1.54) is 18.6 Å². The molecule has 1 unspecified atom stereocenters. The Kier molecular flexibility index (Phi) is 6.52. The largest absolute Gasteiger partial charge is 0.453 e. The van der Waals surface area contributed by atoms with Crippen molar-refractivity contribution < 1.29 is 14.3 Å². The predicted octanol–water partition coefficient (Wildman–Crippen LogP) is 3.54. The minimum atomic E-state index is -0.194. The maximum Gasteiger partial charge on any atom is 0.409 e. The number of hydrogen-bond donors (Lipinski definition) is 2. The summed E-state index contributed by atoms with van der Waals surface area (Å²) in [6.45, 7) is 5.34. The molecule has 2 N–H and O–H groups in total. The van der Waals surface area contributed by atoms with E-state index in [0.29, 0.717) is 36.2 Å². The average Bonchev–Trinajstić information content (AvgIpc) is 3.57. The normalized spacial score (nSPS) is 27.5. The van der Waals surface area contributed by atoms with Gasteiger partial charge in [0.25, 0.3) is 0 Å². The van der Waals surface area contributed by atoms with Gasteiger partial charge in [0.2, 0.25) is 5.95 Å². The van der Waals surface area contributed by atoms with Crippen molar-refractivity contribution in [3.63, 3.8) is 0 Å². The third-order valence-electron chi connectivity index (χ3n) is 8.90. The Labute approximate surface area is 231 Å². The van der Waals surface area contributed by atoms with Crippen LogP contribution in [0.15, 0.2) is 12.4 Å². The van der Waals surface area contributed by atoms with Gasteiger partial charge in [-0.05, 0) is 57.0 Å². The number of piperazine rings is 1. The van der Waals surface area contributed by atoms with Crippen LogP contribution in [0.3, 0.4) is 0 Å². The van der Waals surface area contributed by atoms with Crippen molar-refractivity contribution in [3.8, 4) is 0 Å². The molecule has 6 heterocycles. The Bertz CT molecular complexity index is 1350. The topological polar surface area (TPSA) is 123 Å². The first-order valence-corrected chi connectivity index (χ1v) is 14.7. The quantitative estimate of drug-likeness (QED) is 0.469. The molecule has 7 rings (SSSR count). The van der Waals surface area contributed by atoms with Crippen molar-refractivity contribution in [2.24, 2.45) is 0 Å². The molecule has 1 saturated carbocycles. The minimum absolute atomic E-state index is 0.194. The fourth-order valence-electron chi connectivity index (χ4n) is 6.61. The standard InChI is InChI=1S/C26H35N9O3S/c1-15-22-23(28-16-3-5-18(6-4-16)33-13-21-20(33)14-34(21)26(36)37-2)30-25(31-24(22)39-32-15)29-17-11-27-35(12-17)19-7-9-38-10-8-19/h11-12,16,18-21H,3-10,13-14H2,1-2H3,(H2,28,29,30,31)/t16-,18-,20-,21?/m0/s1. The van der Waals surface area contributed by atoms with Crippen molar-refractivity contribution in [1.82, 2.24) is 33.9 Å². The zero-order valence-corrected chi connectivity index (χ0v) is 23.2. The molecule has 39 heavy (non-hydrogen) atoms. The SMILES string of the molecule is COC(=O)N1C[C@H]2C1CN2[C@H]1CC[C@H](Nc2nc(Nc3cnn(C4CCOCC4)c3)nc3snc(C)c23)CC1. The van der Waals surface area contributed by atoms with Gasteiger partial charge >= 0.3 is 6.09 Å². The summed E-state index contributed by atoms with van der Waals surface area (Å²) < 4.78 is 17.0. The maximum atomic E-state index is 11.8. The summed E-state index contributed by atoms with van der Waals surface area (Å²) >= 11 is 1.41. The number of amides is 1. The second-order valence-corrected chi connectivity index (χ2v) is 11.9. The van der Waals surface area contributed by atoms with E-state index in [-0.39, 0.29) is 6.09 Å². The highest BCUT2D eigenvalue weighted by Crippen LogP contribution is 2.40. The summed E-state index contributed by atoms with van der Waals surface area (Å²) in [6.07, 6.45) is 10.1. The molecule has 3 aliphatic heterocycles. The van der Waals surface area contributed by atoms with E-state index >= 15 is 0 Å². The summed E-state index contributed by atoms with van der Waals surface area (Å²) in [5, 5.41) is 12.7. The minimum Gasteiger partial charge on any atom is -0.453 e. The highest BCUT2D eigenvalue weighted by molar-refractivity contribution is 7.13. The van der Waals surface area contributed by atoms with Gasteiger partial charge in [0, 0.05) is 50.6 Å². The van der Waals surface area contributed by atoms with Crippen molar-refractivity contribution in [2.75, 3.05) is 44.0 Å². The van der Waals surface area contributed by atoms with Crippen molar-refractivity contribution in [2.45, 2.75) is 75.7 Å².